The van der Waals surface area contributed by atoms with E-state index in [2.05, 4.69) is 24.1 Å². The van der Waals surface area contributed by atoms with E-state index in [1.165, 1.54) is 19.7 Å². The van der Waals surface area contributed by atoms with Crippen LogP contribution in [0.5, 0.6) is 0 Å². The molecule has 5 nitrogen and oxygen atoms in total. The summed E-state index contributed by atoms with van der Waals surface area (Å²) in [6.07, 6.45) is 4.95. The number of nitrogen functional groups attached to an aromatic ring is 1. The maximum Gasteiger partial charge on any atom is 0.341 e. The number of rotatable bonds is 7. The largest absolute Gasteiger partial charge is 0.465 e. The van der Waals surface area contributed by atoms with Gasteiger partial charge in [-0.1, -0.05) is 26.7 Å². The van der Waals surface area contributed by atoms with Gasteiger partial charge in [-0.2, -0.15) is 0 Å². The molecule has 0 saturated heterocycles. The van der Waals surface area contributed by atoms with E-state index < -0.39 is 5.97 Å². The van der Waals surface area contributed by atoms with Crippen molar-refractivity contribution in [3.63, 3.8) is 0 Å². The zero-order chi connectivity index (χ0) is 14.3. The average Bonchev–Trinajstić information content (AvgIpc) is 2.38. The predicted molar refractivity (Wildman–Crippen MR) is 77.2 cm³/mol. The monoisotopic (exact) mass is 265 g/mol. The number of aromatic nitrogens is 1. The van der Waals surface area contributed by atoms with Crippen molar-refractivity contribution >= 4 is 17.5 Å². The lowest BCUT2D eigenvalue weighted by molar-refractivity contribution is 0.0601. The Bertz CT molecular complexity index is 419. The van der Waals surface area contributed by atoms with Gasteiger partial charge in [0, 0.05) is 6.54 Å². The molecule has 0 aliphatic heterocycles. The van der Waals surface area contributed by atoms with Crippen molar-refractivity contribution in [2.45, 2.75) is 33.1 Å². The maximum atomic E-state index is 11.6. The Balaban J connectivity index is 2.55. The predicted octanol–water partition coefficient (Wildman–Crippen LogP) is 2.69. The van der Waals surface area contributed by atoms with Crippen molar-refractivity contribution in [1.29, 1.82) is 0 Å². The molecule has 0 aliphatic rings. The third-order valence-electron chi connectivity index (χ3n) is 2.81. The Hall–Kier alpha value is -1.78. The van der Waals surface area contributed by atoms with Gasteiger partial charge in [0.05, 0.1) is 19.0 Å². The van der Waals surface area contributed by atoms with E-state index in [-0.39, 0.29) is 0 Å². The summed E-state index contributed by atoms with van der Waals surface area (Å²) in [6, 6.07) is 1.58. The van der Waals surface area contributed by atoms with E-state index in [1.54, 1.807) is 6.07 Å². The van der Waals surface area contributed by atoms with Gasteiger partial charge >= 0.3 is 5.97 Å². The molecule has 0 bridgehead atoms. The zero-order valence-corrected chi connectivity index (χ0v) is 11.9. The number of pyridine rings is 1. The molecule has 0 unspecified atom stereocenters. The van der Waals surface area contributed by atoms with Gasteiger partial charge in [-0.3, -0.25) is 0 Å². The van der Waals surface area contributed by atoms with Crippen molar-refractivity contribution in [2.75, 3.05) is 24.7 Å². The highest BCUT2D eigenvalue weighted by atomic mass is 16.5. The fourth-order valence-corrected chi connectivity index (χ4v) is 1.77. The van der Waals surface area contributed by atoms with Gasteiger partial charge in [-0.25, -0.2) is 9.78 Å². The van der Waals surface area contributed by atoms with E-state index in [1.807, 2.05) is 0 Å². The first-order valence-electron chi connectivity index (χ1n) is 6.62. The number of nitrogens with zero attached hydrogens (tertiary/aromatic N) is 1. The van der Waals surface area contributed by atoms with Crippen LogP contribution in [0, 0.1) is 5.92 Å². The lowest BCUT2D eigenvalue weighted by Crippen LogP contribution is -2.11. The summed E-state index contributed by atoms with van der Waals surface area (Å²) in [6.45, 7) is 5.21. The van der Waals surface area contributed by atoms with Gasteiger partial charge in [0.15, 0.2) is 0 Å². The molecule has 0 saturated carbocycles. The van der Waals surface area contributed by atoms with Crippen LogP contribution in [-0.2, 0) is 4.74 Å². The molecule has 0 amide bonds. The summed E-state index contributed by atoms with van der Waals surface area (Å²) in [5.41, 5.74) is 6.46. The van der Waals surface area contributed by atoms with E-state index in [9.17, 15) is 4.79 Å². The SMILES string of the molecule is COC(=O)c1cc(N)cnc1NCCCCC(C)C. The number of anilines is 2. The molecule has 1 heterocycles. The molecule has 106 valence electrons. The summed E-state index contributed by atoms with van der Waals surface area (Å²) in [5, 5.41) is 3.16. The van der Waals surface area contributed by atoms with Gasteiger partial charge in [-0.15, -0.1) is 0 Å². The minimum atomic E-state index is -0.426. The average molecular weight is 265 g/mol. The quantitative estimate of drug-likeness (QED) is 0.585. The summed E-state index contributed by atoms with van der Waals surface area (Å²) in [4.78, 5) is 15.7. The minimum absolute atomic E-state index is 0.381. The van der Waals surface area contributed by atoms with Crippen molar-refractivity contribution in [2.24, 2.45) is 5.92 Å². The Morgan fingerprint density at radius 3 is 2.84 bits per heavy atom. The Morgan fingerprint density at radius 2 is 2.21 bits per heavy atom. The van der Waals surface area contributed by atoms with Crippen LogP contribution in [0.3, 0.4) is 0 Å². The molecular formula is C14H23N3O2. The number of hydrogen-bond acceptors (Lipinski definition) is 5. The van der Waals surface area contributed by atoms with Gasteiger partial charge in [-0.05, 0) is 18.4 Å². The first-order chi connectivity index (χ1) is 9.04. The van der Waals surface area contributed by atoms with Gasteiger partial charge in [0.2, 0.25) is 0 Å². The Morgan fingerprint density at radius 1 is 1.47 bits per heavy atom. The number of hydrogen-bond donors (Lipinski definition) is 2. The summed E-state index contributed by atoms with van der Waals surface area (Å²) >= 11 is 0. The van der Waals surface area contributed by atoms with Gasteiger partial charge < -0.3 is 15.8 Å². The highest BCUT2D eigenvalue weighted by Crippen LogP contribution is 2.17. The van der Waals surface area contributed by atoms with Crippen LogP contribution in [0.2, 0.25) is 0 Å². The van der Waals surface area contributed by atoms with E-state index in [0.717, 1.165) is 25.3 Å². The van der Waals surface area contributed by atoms with Crippen molar-refractivity contribution in [3.05, 3.63) is 17.8 Å². The standard InChI is InChI=1S/C14H23N3O2/c1-10(2)6-4-5-7-16-13-12(14(18)19-3)8-11(15)9-17-13/h8-10H,4-7,15H2,1-3H3,(H,16,17). The van der Waals surface area contributed by atoms with E-state index >= 15 is 0 Å². The normalized spacial score (nSPS) is 10.5. The molecule has 5 heteroatoms. The highest BCUT2D eigenvalue weighted by molar-refractivity contribution is 5.95. The molecule has 0 aromatic carbocycles. The minimum Gasteiger partial charge on any atom is -0.465 e. The number of methoxy groups -OCH3 is 1. The fraction of sp³-hybridized carbons (Fsp3) is 0.571. The Labute approximate surface area is 114 Å². The Kier molecular flexibility index (Phi) is 6.12. The summed E-state index contributed by atoms with van der Waals surface area (Å²) < 4.78 is 4.72. The first kappa shape index (κ1) is 15.3. The third kappa shape index (κ3) is 5.16. The van der Waals surface area contributed by atoms with Crippen LogP contribution in [-0.4, -0.2) is 24.6 Å². The second-order valence-corrected chi connectivity index (χ2v) is 4.97. The third-order valence-corrected chi connectivity index (χ3v) is 2.81. The molecule has 0 aliphatic carbocycles. The van der Waals surface area contributed by atoms with Gasteiger partial charge in [0.25, 0.3) is 0 Å². The van der Waals surface area contributed by atoms with E-state index in [0.29, 0.717) is 17.1 Å². The van der Waals surface area contributed by atoms with Crippen LogP contribution < -0.4 is 11.1 Å². The molecule has 0 radical (unpaired) electrons. The molecule has 1 rings (SSSR count). The molecule has 19 heavy (non-hydrogen) atoms. The summed E-state index contributed by atoms with van der Waals surface area (Å²) in [5.74, 6) is 0.829. The second kappa shape index (κ2) is 7.61. The molecule has 0 spiro atoms. The molecule has 0 fully saturated rings. The second-order valence-electron chi connectivity index (χ2n) is 4.97. The number of unbranched alkanes of at least 4 members (excludes halogenated alkanes) is 1. The number of ether oxygens (including phenoxy) is 1. The fourth-order valence-electron chi connectivity index (χ4n) is 1.77. The number of esters is 1. The van der Waals surface area contributed by atoms with E-state index in [4.69, 9.17) is 10.5 Å². The molecule has 1 aromatic rings. The molecule has 1 aromatic heterocycles. The number of nitrogens with two attached hydrogens (primary N) is 1. The highest BCUT2D eigenvalue weighted by Gasteiger charge is 2.13. The topological polar surface area (TPSA) is 77.2 Å². The van der Waals surface area contributed by atoms with Crippen LogP contribution in [0.1, 0.15) is 43.5 Å². The lowest BCUT2D eigenvalue weighted by atomic mass is 10.1. The number of carbonyl (C=O) groups is 1. The van der Waals surface area contributed by atoms with Crippen LogP contribution in [0.15, 0.2) is 12.3 Å². The van der Waals surface area contributed by atoms with Crippen LogP contribution in [0.25, 0.3) is 0 Å². The van der Waals surface area contributed by atoms with Crippen LogP contribution in [0.4, 0.5) is 11.5 Å². The van der Waals surface area contributed by atoms with Crippen molar-refractivity contribution in [3.8, 4) is 0 Å². The first-order valence-corrected chi connectivity index (χ1v) is 6.62. The molecular weight excluding hydrogens is 242 g/mol. The van der Waals surface area contributed by atoms with Gasteiger partial charge in [0.1, 0.15) is 11.4 Å². The number of nitrogens with one attached hydrogen (secondary N) is 1. The lowest BCUT2D eigenvalue weighted by Gasteiger charge is -2.10. The summed E-state index contributed by atoms with van der Waals surface area (Å²) in [7, 11) is 1.35. The number of carbonyl (C=O) groups excluding carboxylic acids is 1. The van der Waals surface area contributed by atoms with Crippen molar-refractivity contribution in [1.82, 2.24) is 4.98 Å². The molecule has 0 atom stereocenters. The zero-order valence-electron chi connectivity index (χ0n) is 11.9. The van der Waals surface area contributed by atoms with Crippen molar-refractivity contribution < 1.29 is 9.53 Å². The molecule has 3 N–H and O–H groups in total. The smallest absolute Gasteiger partial charge is 0.341 e. The van der Waals surface area contributed by atoms with Crippen LogP contribution >= 0.6 is 0 Å². The maximum absolute atomic E-state index is 11.6.